The van der Waals surface area contributed by atoms with Crippen molar-refractivity contribution in [3.05, 3.63) is 64.2 Å². The zero-order chi connectivity index (χ0) is 13.1. The average molecular weight is 266 g/mol. The number of aromatic nitrogens is 1. The molecule has 2 aromatic rings. The van der Waals surface area contributed by atoms with Gasteiger partial charge in [-0.3, -0.25) is 4.98 Å². The molecule has 4 heteroatoms. The predicted octanol–water partition coefficient (Wildman–Crippen LogP) is 3.46. The van der Waals surface area contributed by atoms with Gasteiger partial charge in [0.2, 0.25) is 0 Å². The topological polar surface area (TPSA) is 33.1 Å². The number of nitrogens with zero attached hydrogens (tertiary/aromatic N) is 1. The number of benzene rings is 1. The smallest absolute Gasteiger partial charge is 0.147 e. The first-order valence-electron chi connectivity index (χ1n) is 5.61. The minimum atomic E-state index is -0.945. The fraction of sp³-hybridized carbons (Fsp3) is 0.214. The molecular formula is C14H13ClFNO. The first-order valence-corrected chi connectivity index (χ1v) is 5.99. The molecule has 0 aliphatic carbocycles. The Morgan fingerprint density at radius 1 is 1.33 bits per heavy atom. The molecule has 94 valence electrons. The third-order valence-corrected chi connectivity index (χ3v) is 3.01. The van der Waals surface area contributed by atoms with E-state index in [0.717, 1.165) is 5.56 Å². The summed E-state index contributed by atoms with van der Waals surface area (Å²) >= 11 is 5.68. The molecule has 2 nitrogen and oxygen atoms in total. The van der Waals surface area contributed by atoms with E-state index in [4.69, 9.17) is 11.6 Å². The van der Waals surface area contributed by atoms with Crippen LogP contribution in [0.3, 0.4) is 0 Å². The van der Waals surface area contributed by atoms with Crippen molar-refractivity contribution < 1.29 is 9.50 Å². The Bertz CT molecular complexity index is 542. The molecule has 1 unspecified atom stereocenters. The van der Waals surface area contributed by atoms with Gasteiger partial charge >= 0.3 is 0 Å². The van der Waals surface area contributed by atoms with E-state index < -0.39 is 11.9 Å². The molecule has 1 heterocycles. The summed E-state index contributed by atoms with van der Waals surface area (Å²) in [5, 5.41) is 10.0. The van der Waals surface area contributed by atoms with Crippen LogP contribution >= 0.6 is 11.6 Å². The summed E-state index contributed by atoms with van der Waals surface area (Å²) in [5.74, 6) is -0.571. The van der Waals surface area contributed by atoms with Crippen LogP contribution in [0.4, 0.5) is 4.39 Å². The van der Waals surface area contributed by atoms with E-state index in [-0.39, 0.29) is 17.0 Å². The third-order valence-electron chi connectivity index (χ3n) is 2.72. The number of hydrogen-bond acceptors (Lipinski definition) is 2. The molecule has 0 saturated carbocycles. The quantitative estimate of drug-likeness (QED) is 0.922. The van der Waals surface area contributed by atoms with Crippen molar-refractivity contribution >= 4 is 11.6 Å². The SMILES string of the molecule is Cc1ccc(CC(O)c2cccc(Cl)c2F)nc1. The van der Waals surface area contributed by atoms with Gasteiger partial charge in [0.15, 0.2) is 0 Å². The second-order valence-electron chi connectivity index (χ2n) is 4.19. The van der Waals surface area contributed by atoms with Gasteiger partial charge < -0.3 is 5.11 Å². The Kier molecular flexibility index (Phi) is 3.94. The summed E-state index contributed by atoms with van der Waals surface area (Å²) in [6, 6.07) is 8.33. The fourth-order valence-electron chi connectivity index (χ4n) is 1.71. The molecule has 1 N–H and O–H groups in total. The lowest BCUT2D eigenvalue weighted by Gasteiger charge is -2.12. The molecule has 0 amide bonds. The molecule has 1 atom stereocenters. The van der Waals surface area contributed by atoms with Crippen LogP contribution in [0.2, 0.25) is 5.02 Å². The lowest BCUT2D eigenvalue weighted by molar-refractivity contribution is 0.172. The van der Waals surface area contributed by atoms with Gasteiger partial charge in [0.1, 0.15) is 5.82 Å². The summed E-state index contributed by atoms with van der Waals surface area (Å²) in [4.78, 5) is 4.18. The minimum absolute atomic E-state index is 0.0171. The largest absolute Gasteiger partial charge is 0.388 e. The average Bonchev–Trinajstić information content (AvgIpc) is 2.35. The van der Waals surface area contributed by atoms with Gasteiger partial charge in [0.05, 0.1) is 11.1 Å². The molecule has 0 aliphatic rings. The van der Waals surface area contributed by atoms with E-state index in [0.29, 0.717) is 5.69 Å². The van der Waals surface area contributed by atoms with Gasteiger partial charge in [-0.25, -0.2) is 4.39 Å². The number of aliphatic hydroxyl groups is 1. The summed E-state index contributed by atoms with van der Waals surface area (Å²) < 4.78 is 13.7. The molecule has 0 bridgehead atoms. The molecule has 0 fully saturated rings. The predicted molar refractivity (Wildman–Crippen MR) is 69.0 cm³/mol. The van der Waals surface area contributed by atoms with Crippen molar-refractivity contribution in [1.29, 1.82) is 0 Å². The third kappa shape index (κ3) is 2.86. The first kappa shape index (κ1) is 13.0. The number of rotatable bonds is 3. The number of aliphatic hydroxyl groups excluding tert-OH is 1. The zero-order valence-corrected chi connectivity index (χ0v) is 10.7. The normalized spacial score (nSPS) is 12.4. The van der Waals surface area contributed by atoms with Crippen LogP contribution < -0.4 is 0 Å². The van der Waals surface area contributed by atoms with Crippen LogP contribution in [-0.4, -0.2) is 10.1 Å². The standard InChI is InChI=1S/C14H13ClFNO/c1-9-5-6-10(17-8-9)7-13(18)11-3-2-4-12(15)14(11)16/h2-6,8,13,18H,7H2,1H3. The summed E-state index contributed by atoms with van der Waals surface area (Å²) in [6.07, 6.45) is 1.03. The molecule has 0 spiro atoms. The van der Waals surface area contributed by atoms with Gasteiger partial charge in [-0.2, -0.15) is 0 Å². The van der Waals surface area contributed by atoms with Crippen LogP contribution in [-0.2, 0) is 6.42 Å². The summed E-state index contributed by atoms with van der Waals surface area (Å²) in [7, 11) is 0. The van der Waals surface area contributed by atoms with Crippen LogP contribution in [0.1, 0.15) is 22.9 Å². The first-order chi connectivity index (χ1) is 8.58. The van der Waals surface area contributed by atoms with E-state index >= 15 is 0 Å². The van der Waals surface area contributed by atoms with E-state index in [9.17, 15) is 9.50 Å². The second kappa shape index (κ2) is 5.46. The van der Waals surface area contributed by atoms with Crippen LogP contribution in [0.25, 0.3) is 0 Å². The van der Waals surface area contributed by atoms with Gasteiger partial charge in [0.25, 0.3) is 0 Å². The molecule has 2 rings (SSSR count). The number of halogens is 2. The molecule has 1 aromatic heterocycles. The Morgan fingerprint density at radius 3 is 2.78 bits per heavy atom. The monoisotopic (exact) mass is 265 g/mol. The number of aryl methyl sites for hydroxylation is 1. The highest BCUT2D eigenvalue weighted by Crippen LogP contribution is 2.25. The number of pyridine rings is 1. The Morgan fingerprint density at radius 2 is 2.11 bits per heavy atom. The zero-order valence-electron chi connectivity index (χ0n) is 9.90. The van der Waals surface area contributed by atoms with Crippen LogP contribution in [0.15, 0.2) is 36.5 Å². The molecular weight excluding hydrogens is 253 g/mol. The van der Waals surface area contributed by atoms with Crippen LogP contribution in [0.5, 0.6) is 0 Å². The second-order valence-corrected chi connectivity index (χ2v) is 4.60. The number of hydrogen-bond donors (Lipinski definition) is 1. The fourth-order valence-corrected chi connectivity index (χ4v) is 1.89. The van der Waals surface area contributed by atoms with Crippen molar-refractivity contribution in [1.82, 2.24) is 4.98 Å². The van der Waals surface area contributed by atoms with Gasteiger partial charge in [-0.05, 0) is 24.6 Å². The Balaban J connectivity index is 2.19. The van der Waals surface area contributed by atoms with Crippen LogP contribution in [0, 0.1) is 12.7 Å². The summed E-state index contributed by atoms with van der Waals surface area (Å²) in [5.41, 5.74) is 1.96. The molecule has 0 radical (unpaired) electrons. The van der Waals surface area contributed by atoms with Gasteiger partial charge in [-0.15, -0.1) is 0 Å². The Hall–Kier alpha value is -1.45. The van der Waals surface area contributed by atoms with Crippen molar-refractivity contribution in [2.45, 2.75) is 19.4 Å². The van der Waals surface area contributed by atoms with Crippen molar-refractivity contribution in [2.75, 3.05) is 0 Å². The molecule has 0 aliphatic heterocycles. The summed E-state index contributed by atoms with van der Waals surface area (Å²) in [6.45, 7) is 1.93. The van der Waals surface area contributed by atoms with Crippen molar-refractivity contribution in [3.8, 4) is 0 Å². The highest BCUT2D eigenvalue weighted by atomic mass is 35.5. The van der Waals surface area contributed by atoms with E-state index in [2.05, 4.69) is 4.98 Å². The Labute approximate surface area is 110 Å². The highest BCUT2D eigenvalue weighted by Gasteiger charge is 2.15. The molecule has 0 saturated heterocycles. The molecule has 18 heavy (non-hydrogen) atoms. The van der Waals surface area contributed by atoms with Crippen molar-refractivity contribution in [3.63, 3.8) is 0 Å². The molecule has 1 aromatic carbocycles. The maximum Gasteiger partial charge on any atom is 0.147 e. The lowest BCUT2D eigenvalue weighted by Crippen LogP contribution is -2.06. The maximum absolute atomic E-state index is 13.7. The van der Waals surface area contributed by atoms with E-state index in [1.54, 1.807) is 12.3 Å². The minimum Gasteiger partial charge on any atom is -0.388 e. The maximum atomic E-state index is 13.7. The van der Waals surface area contributed by atoms with Gasteiger partial charge in [-0.1, -0.05) is 29.8 Å². The highest BCUT2D eigenvalue weighted by molar-refractivity contribution is 6.30. The lowest BCUT2D eigenvalue weighted by atomic mass is 10.0. The van der Waals surface area contributed by atoms with E-state index in [1.807, 2.05) is 19.1 Å². The van der Waals surface area contributed by atoms with E-state index in [1.165, 1.54) is 12.1 Å². The van der Waals surface area contributed by atoms with Crippen molar-refractivity contribution in [2.24, 2.45) is 0 Å². The van der Waals surface area contributed by atoms with Gasteiger partial charge in [0, 0.05) is 23.9 Å².